The average molecular weight is 436 g/mol. The molecule has 0 aliphatic carbocycles. The minimum Gasteiger partial charge on any atom is -0.206 e. The SMILES string of the molecule is Fc1c(F)c(F)c2ccccc2c1F.Fc1cc(F)c2c(F)c(F)cc(F)c2c1F. The summed E-state index contributed by atoms with van der Waals surface area (Å²) in [4.78, 5) is 0. The van der Waals surface area contributed by atoms with E-state index in [4.69, 9.17) is 0 Å². The number of halogens is 10. The third-order valence-electron chi connectivity index (χ3n) is 4.07. The van der Waals surface area contributed by atoms with E-state index in [0.29, 0.717) is 0 Å². The molecule has 0 atom stereocenters. The van der Waals surface area contributed by atoms with Gasteiger partial charge in [0.05, 0.1) is 10.8 Å². The van der Waals surface area contributed by atoms with Crippen molar-refractivity contribution >= 4 is 21.5 Å². The molecule has 4 aromatic rings. The van der Waals surface area contributed by atoms with Gasteiger partial charge in [-0.25, -0.2) is 43.9 Å². The molecule has 0 radical (unpaired) electrons. The van der Waals surface area contributed by atoms with Gasteiger partial charge in [-0.15, -0.1) is 0 Å². The Hall–Kier alpha value is -3.30. The van der Waals surface area contributed by atoms with Gasteiger partial charge in [-0.05, 0) is 0 Å². The Balaban J connectivity index is 0.000000172. The first kappa shape index (κ1) is 21.4. The maximum Gasteiger partial charge on any atom is 0.198 e. The van der Waals surface area contributed by atoms with Crippen molar-refractivity contribution in [1.82, 2.24) is 0 Å². The Kier molecular flexibility index (Phi) is 5.60. The summed E-state index contributed by atoms with van der Waals surface area (Å²) in [7, 11) is 0. The summed E-state index contributed by atoms with van der Waals surface area (Å²) in [5.74, 6) is -16.3. The molecule has 4 rings (SSSR count). The van der Waals surface area contributed by atoms with Crippen molar-refractivity contribution in [2.45, 2.75) is 0 Å². The van der Waals surface area contributed by atoms with Gasteiger partial charge >= 0.3 is 0 Å². The molecule has 10 heteroatoms. The Labute approximate surface area is 161 Å². The maximum atomic E-state index is 13.1. The lowest BCUT2D eigenvalue weighted by molar-refractivity contribution is 0.418. The Morgan fingerprint density at radius 1 is 0.367 bits per heavy atom. The molecule has 0 spiro atoms. The molecule has 0 nitrogen and oxygen atoms in total. The summed E-state index contributed by atoms with van der Waals surface area (Å²) in [6.07, 6.45) is 0. The van der Waals surface area contributed by atoms with Gasteiger partial charge in [0.2, 0.25) is 0 Å². The topological polar surface area (TPSA) is 0 Å². The van der Waals surface area contributed by atoms with Crippen molar-refractivity contribution in [2.24, 2.45) is 0 Å². The van der Waals surface area contributed by atoms with Gasteiger partial charge in [0, 0.05) is 22.9 Å². The number of rotatable bonds is 0. The molecular formula is C20H6F10. The predicted octanol–water partition coefficient (Wildman–Crippen LogP) is 7.07. The van der Waals surface area contributed by atoms with E-state index >= 15 is 0 Å². The van der Waals surface area contributed by atoms with Crippen molar-refractivity contribution < 1.29 is 43.9 Å². The molecule has 0 unspecified atom stereocenters. The monoisotopic (exact) mass is 436 g/mol. The normalized spacial score (nSPS) is 11.0. The molecule has 0 saturated heterocycles. The predicted molar refractivity (Wildman–Crippen MR) is 87.5 cm³/mol. The summed E-state index contributed by atoms with van der Waals surface area (Å²) in [6.45, 7) is 0. The van der Waals surface area contributed by atoms with Crippen LogP contribution in [0.1, 0.15) is 0 Å². The summed E-state index contributed by atoms with van der Waals surface area (Å²) >= 11 is 0. The van der Waals surface area contributed by atoms with Crippen molar-refractivity contribution in [1.29, 1.82) is 0 Å². The highest BCUT2D eigenvalue weighted by molar-refractivity contribution is 5.85. The van der Waals surface area contributed by atoms with Crippen molar-refractivity contribution in [3.05, 3.63) is 94.6 Å². The molecule has 0 amide bonds. The van der Waals surface area contributed by atoms with Gasteiger partial charge in [-0.3, -0.25) is 0 Å². The van der Waals surface area contributed by atoms with E-state index in [-0.39, 0.29) is 22.9 Å². The Morgan fingerprint density at radius 2 is 0.700 bits per heavy atom. The molecule has 0 fully saturated rings. The van der Waals surface area contributed by atoms with E-state index < -0.39 is 68.9 Å². The van der Waals surface area contributed by atoms with E-state index in [0.717, 1.165) is 0 Å². The molecule has 0 heterocycles. The molecule has 0 aliphatic rings. The second-order valence-corrected chi connectivity index (χ2v) is 5.86. The fraction of sp³-hybridized carbons (Fsp3) is 0. The minimum atomic E-state index is -1.78. The first-order valence-corrected chi connectivity index (χ1v) is 7.87. The number of fused-ring (bicyclic) bond motifs is 2. The third-order valence-corrected chi connectivity index (χ3v) is 4.07. The fourth-order valence-corrected chi connectivity index (χ4v) is 2.70. The van der Waals surface area contributed by atoms with Crippen LogP contribution in [-0.4, -0.2) is 0 Å². The summed E-state index contributed by atoms with van der Waals surface area (Å²) in [5, 5.41) is -3.00. The van der Waals surface area contributed by atoms with E-state index in [1.165, 1.54) is 24.3 Å². The first-order chi connectivity index (χ1) is 14.1. The zero-order valence-corrected chi connectivity index (χ0v) is 14.2. The Morgan fingerprint density at radius 3 is 1.03 bits per heavy atom. The van der Waals surface area contributed by atoms with Gasteiger partial charge in [0.25, 0.3) is 0 Å². The number of benzene rings is 4. The van der Waals surface area contributed by atoms with Crippen molar-refractivity contribution in [3.8, 4) is 0 Å². The van der Waals surface area contributed by atoms with Crippen LogP contribution in [0.5, 0.6) is 0 Å². The average Bonchev–Trinajstić information content (AvgIpc) is 2.72. The van der Waals surface area contributed by atoms with Crippen LogP contribution in [0.25, 0.3) is 21.5 Å². The van der Waals surface area contributed by atoms with Crippen LogP contribution in [0.15, 0.2) is 36.4 Å². The van der Waals surface area contributed by atoms with Crippen molar-refractivity contribution in [3.63, 3.8) is 0 Å². The maximum absolute atomic E-state index is 13.1. The quantitative estimate of drug-likeness (QED) is 0.157. The fourth-order valence-electron chi connectivity index (χ4n) is 2.70. The van der Waals surface area contributed by atoms with Crippen LogP contribution >= 0.6 is 0 Å². The molecular weight excluding hydrogens is 430 g/mol. The highest BCUT2D eigenvalue weighted by atomic mass is 19.2. The molecule has 156 valence electrons. The smallest absolute Gasteiger partial charge is 0.198 e. The van der Waals surface area contributed by atoms with Gasteiger partial charge in [-0.2, -0.15) is 0 Å². The van der Waals surface area contributed by atoms with E-state index in [1.807, 2.05) is 0 Å². The van der Waals surface area contributed by atoms with Crippen molar-refractivity contribution in [2.75, 3.05) is 0 Å². The van der Waals surface area contributed by atoms with Gasteiger partial charge in [0.1, 0.15) is 11.6 Å². The molecule has 0 aromatic heterocycles. The van der Waals surface area contributed by atoms with E-state index in [1.54, 1.807) is 0 Å². The minimum absolute atomic E-state index is 0.0274. The molecule has 0 N–H and O–H groups in total. The second-order valence-electron chi connectivity index (χ2n) is 5.86. The largest absolute Gasteiger partial charge is 0.206 e. The standard InChI is InChI=1S/C10H2F6.C10H4F4/c11-3-1-5(13)9(15)8-4(12)2-6(14)10(16)7(3)8;11-7-5-3-1-2-4-6(5)8(12)10(14)9(7)13/h1-2H;1-4H. The Bertz CT molecular complexity index is 1200. The lowest BCUT2D eigenvalue weighted by atomic mass is 10.1. The van der Waals surface area contributed by atoms with Gasteiger partial charge in [0.15, 0.2) is 46.5 Å². The van der Waals surface area contributed by atoms with E-state index in [2.05, 4.69) is 0 Å². The summed E-state index contributed by atoms with van der Waals surface area (Å²) in [5.41, 5.74) is 0. The highest BCUT2D eigenvalue weighted by Crippen LogP contribution is 2.30. The lowest BCUT2D eigenvalue weighted by Gasteiger charge is -2.05. The molecule has 0 bridgehead atoms. The lowest BCUT2D eigenvalue weighted by Crippen LogP contribution is -1.99. The third kappa shape index (κ3) is 3.42. The van der Waals surface area contributed by atoms with Crippen LogP contribution in [0, 0.1) is 58.2 Å². The van der Waals surface area contributed by atoms with Crippen LogP contribution in [0.2, 0.25) is 0 Å². The van der Waals surface area contributed by atoms with Crippen LogP contribution in [0.3, 0.4) is 0 Å². The van der Waals surface area contributed by atoms with E-state index in [9.17, 15) is 43.9 Å². The van der Waals surface area contributed by atoms with Gasteiger partial charge in [-0.1, -0.05) is 24.3 Å². The van der Waals surface area contributed by atoms with Crippen LogP contribution < -0.4 is 0 Å². The summed E-state index contributed by atoms with van der Waals surface area (Å²) < 4.78 is 129. The number of hydrogen-bond acceptors (Lipinski definition) is 0. The van der Waals surface area contributed by atoms with Gasteiger partial charge < -0.3 is 0 Å². The molecule has 30 heavy (non-hydrogen) atoms. The molecule has 0 aliphatic heterocycles. The van der Waals surface area contributed by atoms with Crippen LogP contribution in [-0.2, 0) is 0 Å². The summed E-state index contributed by atoms with van der Waals surface area (Å²) in [6, 6.07) is 5.27. The number of hydrogen-bond donors (Lipinski definition) is 0. The zero-order chi connectivity index (χ0) is 22.3. The molecule has 4 aromatic carbocycles. The zero-order valence-electron chi connectivity index (χ0n) is 14.2. The first-order valence-electron chi connectivity index (χ1n) is 7.87. The highest BCUT2D eigenvalue weighted by Gasteiger charge is 2.22. The molecule has 0 saturated carbocycles. The van der Waals surface area contributed by atoms with Crippen LogP contribution in [0.4, 0.5) is 43.9 Å². The second kappa shape index (κ2) is 7.85.